The molecule has 2 heterocycles. The van der Waals surface area contributed by atoms with Gasteiger partial charge in [0.1, 0.15) is 9.83 Å². The molecule has 7 nitrogen and oxygen atoms in total. The first-order valence-electron chi connectivity index (χ1n) is 9.97. The van der Waals surface area contributed by atoms with Crippen molar-refractivity contribution < 1.29 is 5.11 Å². The predicted molar refractivity (Wildman–Crippen MR) is 128 cm³/mol. The second-order valence-electron chi connectivity index (χ2n) is 6.66. The van der Waals surface area contributed by atoms with Gasteiger partial charge < -0.3 is 10.0 Å². The predicted octanol–water partition coefficient (Wildman–Crippen LogP) is 7.53. The molecule has 0 aliphatic rings. The van der Waals surface area contributed by atoms with Crippen molar-refractivity contribution in [3.05, 3.63) is 60.2 Å². The van der Waals surface area contributed by atoms with Gasteiger partial charge in [-0.25, -0.2) is 4.98 Å². The van der Waals surface area contributed by atoms with E-state index in [0.29, 0.717) is 5.13 Å². The van der Waals surface area contributed by atoms with Gasteiger partial charge in [-0.1, -0.05) is 34.8 Å². The van der Waals surface area contributed by atoms with E-state index >= 15 is 0 Å². The molecule has 0 bridgehead atoms. The van der Waals surface area contributed by atoms with Gasteiger partial charge in [0, 0.05) is 18.8 Å². The summed E-state index contributed by atoms with van der Waals surface area (Å²) < 4.78 is 1.01. The number of fused-ring (bicyclic) bond motifs is 1. The zero-order valence-electron chi connectivity index (χ0n) is 17.3. The number of hydrogen-bond donors (Lipinski definition) is 1. The fourth-order valence-corrected chi connectivity index (χ4v) is 4.85. The maximum Gasteiger partial charge on any atom is 0.231 e. The highest BCUT2D eigenvalue weighted by molar-refractivity contribution is 7.30. The van der Waals surface area contributed by atoms with Crippen LogP contribution < -0.4 is 4.90 Å². The largest absolute Gasteiger partial charge is 0.392 e. The highest BCUT2D eigenvalue weighted by Crippen LogP contribution is 2.39. The van der Waals surface area contributed by atoms with Crippen LogP contribution in [0.15, 0.2) is 75.1 Å². The van der Waals surface area contributed by atoms with Crippen LogP contribution in [0.1, 0.15) is 19.4 Å². The standard InChI is InChI=1S/C22H22N6OS2/c1-3-28(4-2)18-11-9-17(10-12-18)25-27-22-23-21-19(30-22)13-20(31-21)26-24-16-7-5-15(14-29)6-8-16/h5-13,29H,3-4,14H2,1-2H3. The molecule has 0 atom stereocenters. The molecule has 0 unspecified atom stereocenters. The summed E-state index contributed by atoms with van der Waals surface area (Å²) in [5.74, 6) is 0. The molecule has 0 radical (unpaired) electrons. The Morgan fingerprint density at radius 2 is 1.48 bits per heavy atom. The molecule has 2 aromatic carbocycles. The van der Waals surface area contributed by atoms with Crippen molar-refractivity contribution in [2.75, 3.05) is 18.0 Å². The molecule has 158 valence electrons. The number of aromatic nitrogens is 1. The Morgan fingerprint density at radius 1 is 0.839 bits per heavy atom. The molecule has 31 heavy (non-hydrogen) atoms. The summed E-state index contributed by atoms with van der Waals surface area (Å²) >= 11 is 2.95. The van der Waals surface area contributed by atoms with Gasteiger partial charge in [0.2, 0.25) is 5.13 Å². The van der Waals surface area contributed by atoms with Gasteiger partial charge in [-0.05, 0) is 61.9 Å². The average molecular weight is 451 g/mol. The number of aliphatic hydroxyl groups is 1. The van der Waals surface area contributed by atoms with E-state index in [4.69, 9.17) is 5.11 Å². The van der Waals surface area contributed by atoms with E-state index in [1.54, 1.807) is 0 Å². The summed E-state index contributed by atoms with van der Waals surface area (Å²) in [6.07, 6.45) is 0. The van der Waals surface area contributed by atoms with Gasteiger partial charge in [-0.15, -0.1) is 20.5 Å². The quantitative estimate of drug-likeness (QED) is 0.282. The number of rotatable bonds is 8. The lowest BCUT2D eigenvalue weighted by Crippen LogP contribution is -2.21. The van der Waals surface area contributed by atoms with Crippen molar-refractivity contribution in [1.82, 2.24) is 4.98 Å². The molecule has 0 amide bonds. The first-order chi connectivity index (χ1) is 15.2. The molecule has 0 saturated carbocycles. The molecule has 0 spiro atoms. The topological polar surface area (TPSA) is 85.8 Å². The third-order valence-electron chi connectivity index (χ3n) is 4.68. The van der Waals surface area contributed by atoms with Crippen molar-refractivity contribution in [2.45, 2.75) is 20.5 Å². The number of benzene rings is 2. The highest BCUT2D eigenvalue weighted by Gasteiger charge is 2.08. The van der Waals surface area contributed by atoms with Crippen molar-refractivity contribution in [3.8, 4) is 0 Å². The van der Waals surface area contributed by atoms with Crippen LogP contribution in [0.5, 0.6) is 0 Å². The smallest absolute Gasteiger partial charge is 0.231 e. The van der Waals surface area contributed by atoms with Crippen LogP contribution >= 0.6 is 22.7 Å². The second-order valence-corrected chi connectivity index (χ2v) is 8.68. The van der Waals surface area contributed by atoms with Gasteiger partial charge >= 0.3 is 0 Å². The van der Waals surface area contributed by atoms with Crippen LogP contribution in [0.2, 0.25) is 0 Å². The molecule has 9 heteroatoms. The van der Waals surface area contributed by atoms with Crippen LogP contribution in [0.4, 0.5) is 27.2 Å². The molecule has 0 fully saturated rings. The van der Waals surface area contributed by atoms with Crippen LogP contribution in [0.25, 0.3) is 9.53 Å². The Bertz CT molecular complexity index is 1160. The third-order valence-corrected chi connectivity index (χ3v) is 6.61. The van der Waals surface area contributed by atoms with Crippen molar-refractivity contribution in [1.29, 1.82) is 0 Å². The lowest BCUT2D eigenvalue weighted by molar-refractivity contribution is 0.282. The van der Waals surface area contributed by atoms with E-state index < -0.39 is 0 Å². The zero-order chi connectivity index (χ0) is 21.6. The first-order valence-corrected chi connectivity index (χ1v) is 11.6. The minimum Gasteiger partial charge on any atom is -0.392 e. The van der Waals surface area contributed by atoms with Crippen molar-refractivity contribution >= 4 is 59.4 Å². The third kappa shape index (κ3) is 5.19. The van der Waals surface area contributed by atoms with E-state index in [2.05, 4.69) is 56.3 Å². The summed E-state index contributed by atoms with van der Waals surface area (Å²) in [6.45, 7) is 6.27. The molecule has 4 rings (SSSR count). The molecule has 0 saturated heterocycles. The number of nitrogens with zero attached hydrogens (tertiary/aromatic N) is 6. The summed E-state index contributed by atoms with van der Waals surface area (Å²) in [5.41, 5.74) is 3.57. The van der Waals surface area contributed by atoms with Gasteiger partial charge in [0.05, 0.1) is 22.7 Å². The van der Waals surface area contributed by atoms with E-state index in [1.807, 2.05) is 42.5 Å². The van der Waals surface area contributed by atoms with Gasteiger partial charge in [-0.2, -0.15) is 0 Å². The lowest BCUT2D eigenvalue weighted by atomic mass is 10.2. The van der Waals surface area contributed by atoms with Gasteiger partial charge in [0.15, 0.2) is 0 Å². The number of thiazole rings is 1. The minimum absolute atomic E-state index is 0.0194. The highest BCUT2D eigenvalue weighted by atomic mass is 32.1. The van der Waals surface area contributed by atoms with Crippen LogP contribution in [-0.4, -0.2) is 23.2 Å². The summed E-state index contributed by atoms with van der Waals surface area (Å²) in [7, 11) is 0. The van der Waals surface area contributed by atoms with E-state index in [0.717, 1.165) is 44.6 Å². The number of azo groups is 2. The van der Waals surface area contributed by atoms with E-state index in [1.165, 1.54) is 28.4 Å². The zero-order valence-corrected chi connectivity index (χ0v) is 18.9. The second kappa shape index (κ2) is 9.86. The molecule has 4 aromatic rings. The molecule has 1 N–H and O–H groups in total. The van der Waals surface area contributed by atoms with Crippen molar-refractivity contribution in [2.24, 2.45) is 20.5 Å². The molecule has 0 aliphatic carbocycles. The Kier molecular flexibility index (Phi) is 6.76. The maximum atomic E-state index is 9.09. The SMILES string of the molecule is CCN(CC)c1ccc(N=Nc2nc3sc(N=Nc4ccc(CO)cc4)cc3s2)cc1. The van der Waals surface area contributed by atoms with E-state index in [-0.39, 0.29) is 6.61 Å². The number of anilines is 1. The minimum atomic E-state index is 0.0194. The Morgan fingerprint density at radius 3 is 2.10 bits per heavy atom. The Hall–Kier alpha value is -3.01. The normalized spacial score (nSPS) is 11.8. The number of aliphatic hydroxyl groups excluding tert-OH is 1. The fraction of sp³-hybridized carbons (Fsp3) is 0.227. The van der Waals surface area contributed by atoms with Crippen molar-refractivity contribution in [3.63, 3.8) is 0 Å². The lowest BCUT2D eigenvalue weighted by Gasteiger charge is -2.20. The van der Waals surface area contributed by atoms with E-state index in [9.17, 15) is 0 Å². The fourth-order valence-electron chi connectivity index (χ4n) is 3.00. The van der Waals surface area contributed by atoms with Crippen LogP contribution in [-0.2, 0) is 6.61 Å². The Balaban J connectivity index is 1.43. The molecular formula is C22H22N6OS2. The summed E-state index contributed by atoms with van der Waals surface area (Å²) in [4.78, 5) is 7.70. The van der Waals surface area contributed by atoms with Crippen LogP contribution in [0, 0.1) is 0 Å². The monoisotopic (exact) mass is 450 g/mol. The van der Waals surface area contributed by atoms with Crippen LogP contribution in [0.3, 0.4) is 0 Å². The van der Waals surface area contributed by atoms with Gasteiger partial charge in [0.25, 0.3) is 0 Å². The average Bonchev–Trinajstić information content (AvgIpc) is 3.37. The number of thiophene rings is 1. The maximum absolute atomic E-state index is 9.09. The summed E-state index contributed by atoms with van der Waals surface area (Å²) in [5, 5.41) is 27.6. The molecular weight excluding hydrogens is 428 g/mol. The molecule has 2 aromatic heterocycles. The number of hydrogen-bond acceptors (Lipinski definition) is 9. The first kappa shape index (κ1) is 21.2. The summed E-state index contributed by atoms with van der Waals surface area (Å²) in [6, 6.07) is 17.4. The van der Waals surface area contributed by atoms with Gasteiger partial charge in [-0.3, -0.25) is 0 Å². The Labute approximate surface area is 188 Å². The molecule has 0 aliphatic heterocycles.